The van der Waals surface area contributed by atoms with Crippen LogP contribution in [0.15, 0.2) is 85.2 Å². The number of benzene rings is 3. The second-order valence-corrected chi connectivity index (χ2v) is 20.1. The Labute approximate surface area is 480 Å². The van der Waals surface area contributed by atoms with Crippen molar-refractivity contribution in [2.75, 3.05) is 96.4 Å². The molecule has 0 bridgehead atoms. The lowest BCUT2D eigenvalue weighted by Crippen LogP contribution is -2.54. The van der Waals surface area contributed by atoms with Crippen molar-refractivity contribution in [2.45, 2.75) is 83.8 Å². The van der Waals surface area contributed by atoms with E-state index in [0.29, 0.717) is 55.1 Å². The Morgan fingerprint density at radius 2 is 1.56 bits per heavy atom. The van der Waals surface area contributed by atoms with Crippen LogP contribution in [0, 0.1) is 11.7 Å². The Balaban J connectivity index is 0.828. The van der Waals surface area contributed by atoms with Crippen molar-refractivity contribution in [1.82, 2.24) is 36.1 Å². The monoisotopic (exact) mass is 1160 g/mol. The van der Waals surface area contributed by atoms with E-state index in [9.17, 15) is 24.0 Å². The number of methoxy groups -OCH3 is 1. The molecule has 1 aliphatic carbocycles. The zero-order valence-corrected chi connectivity index (χ0v) is 47.3. The van der Waals surface area contributed by atoms with E-state index >= 15 is 4.39 Å². The Bertz CT molecular complexity index is 2930. The molecule has 0 spiro atoms. The Morgan fingerprint density at radius 1 is 0.805 bits per heavy atom. The first-order valence-electron chi connectivity index (χ1n) is 27.3. The van der Waals surface area contributed by atoms with Gasteiger partial charge >= 0.3 is 6.16 Å². The molecule has 2 aromatic heterocycles. The van der Waals surface area contributed by atoms with Gasteiger partial charge in [0.05, 0.1) is 75.7 Å². The summed E-state index contributed by atoms with van der Waals surface area (Å²) in [7, 11) is 1.42. The lowest BCUT2D eigenvalue weighted by Gasteiger charge is -2.29. The van der Waals surface area contributed by atoms with Gasteiger partial charge in [-0.25, -0.2) is 19.2 Å². The van der Waals surface area contributed by atoms with Crippen LogP contribution in [-0.4, -0.2) is 154 Å². The average molecular weight is 1160 g/mol. The molecule has 1 aliphatic heterocycles. The number of nitrogens with zero attached hydrogens (tertiary/aromatic N) is 5. The van der Waals surface area contributed by atoms with Crippen LogP contribution in [0.5, 0.6) is 5.88 Å². The molecule has 1 saturated heterocycles. The maximum Gasteiger partial charge on any atom is 0.509 e. The fourth-order valence-corrected chi connectivity index (χ4v) is 9.07. The van der Waals surface area contributed by atoms with Gasteiger partial charge in [0.15, 0.2) is 6.10 Å². The number of anilines is 2. The van der Waals surface area contributed by atoms with Gasteiger partial charge in [-0.1, -0.05) is 49.7 Å². The van der Waals surface area contributed by atoms with E-state index < -0.39 is 47.9 Å². The van der Waals surface area contributed by atoms with E-state index in [1.807, 2.05) is 18.2 Å². The quantitative estimate of drug-likeness (QED) is 0.0227. The molecule has 24 heteroatoms. The Morgan fingerprint density at radius 3 is 2.30 bits per heavy atom. The highest BCUT2D eigenvalue weighted by Gasteiger charge is 2.29. The molecule has 4 atom stereocenters. The fourth-order valence-electron chi connectivity index (χ4n) is 8.82. The summed E-state index contributed by atoms with van der Waals surface area (Å²) in [6.45, 7) is 8.72. The summed E-state index contributed by atoms with van der Waals surface area (Å²) in [5.74, 6) is -2.61. The van der Waals surface area contributed by atoms with Gasteiger partial charge in [-0.05, 0) is 99.0 Å². The van der Waals surface area contributed by atoms with Gasteiger partial charge < -0.3 is 64.1 Å². The second-order valence-electron chi connectivity index (χ2n) is 19.7. The molecule has 3 aromatic carbocycles. The first-order valence-corrected chi connectivity index (χ1v) is 27.7. The molecule has 2 aliphatic rings. The first-order chi connectivity index (χ1) is 39.8. The molecule has 7 rings (SSSR count). The minimum absolute atomic E-state index is 0.0311. The van der Waals surface area contributed by atoms with Crippen molar-refractivity contribution in [3.05, 3.63) is 113 Å². The molecule has 440 valence electrons. The minimum atomic E-state index is -1.33. The van der Waals surface area contributed by atoms with Crippen LogP contribution < -0.4 is 30.9 Å². The molecule has 0 saturated carbocycles. The summed E-state index contributed by atoms with van der Waals surface area (Å²) in [5.41, 5.74) is 3.10. The summed E-state index contributed by atoms with van der Waals surface area (Å²) < 4.78 is 60.2. The maximum absolute atomic E-state index is 16.0. The molecular formula is C58H71ClFN9O13. The van der Waals surface area contributed by atoms with Crippen LogP contribution in [0.2, 0.25) is 5.02 Å². The molecule has 22 nitrogen and oxygen atoms in total. The lowest BCUT2D eigenvalue weighted by atomic mass is 9.99. The second kappa shape index (κ2) is 32.3. The summed E-state index contributed by atoms with van der Waals surface area (Å²) in [5, 5.41) is 19.6. The number of carbonyl (C=O) groups is 5. The molecule has 82 heavy (non-hydrogen) atoms. The number of ether oxygens (including phenoxy) is 8. The summed E-state index contributed by atoms with van der Waals surface area (Å²) >= 11 is 6.70. The summed E-state index contributed by atoms with van der Waals surface area (Å²) in [4.78, 5) is 75.9. The topological polar surface area (TPSA) is 262 Å². The van der Waals surface area contributed by atoms with E-state index in [1.165, 1.54) is 38.6 Å². The van der Waals surface area contributed by atoms with Gasteiger partial charge in [0.25, 0.3) is 0 Å². The Kier molecular flexibility index (Phi) is 24.5. The number of fused-ring (bicyclic) bond motifs is 1. The summed E-state index contributed by atoms with van der Waals surface area (Å²) in [6, 6.07) is 15.7. The van der Waals surface area contributed by atoms with Gasteiger partial charge in [0.2, 0.25) is 29.5 Å². The predicted molar refractivity (Wildman–Crippen MR) is 302 cm³/mol. The number of hydrogen-bond acceptors (Lipinski definition) is 18. The maximum atomic E-state index is 16.0. The highest BCUT2D eigenvalue weighted by atomic mass is 35.5. The van der Waals surface area contributed by atoms with Crippen molar-refractivity contribution >= 4 is 63.7 Å². The zero-order valence-electron chi connectivity index (χ0n) is 46.5. The number of carbonyl (C=O) groups excluding carboxylic acids is 5. The molecule has 4 amide bonds. The van der Waals surface area contributed by atoms with Gasteiger partial charge in [0.1, 0.15) is 49.7 Å². The van der Waals surface area contributed by atoms with E-state index in [-0.39, 0.29) is 91.0 Å². The third kappa shape index (κ3) is 19.1. The third-order valence-corrected chi connectivity index (χ3v) is 13.6. The fraction of sp³-hybridized carbons (Fsp3) is 0.466. The number of halogens is 2. The smallest absolute Gasteiger partial charge is 0.480 e. The largest absolute Gasteiger partial charge is 0.509 e. The van der Waals surface area contributed by atoms with E-state index in [1.54, 1.807) is 38.1 Å². The standard InChI is InChI=1S/C58H71ClFN9O13/c1-37(2)53(66-51(71)34-79-29-28-78-27-26-76-23-20-61-50(70)35-80-42-10-8-6-5-7-9-11-42)57(73)64-38(3)56(72)65-40-14-12-39(13-15-40)33-81-58(74)82-55(48-18-19-52(75-4)68-67-48)44-31-45(47(60)32-46(44)59)54-43-17-16-41(30-49(43)62-36-63-54)69-21-24-77-25-22-69/h5-6,12-19,30-32,36-38,42,53,55H,7-11,20-29,33-35H2,1-4H3,(H,61,70)(H,64,73)(H,65,72)(H,66,71)/b6-5+/t38-,42?,53-,55-/m0/s1. The molecule has 3 heterocycles. The molecule has 1 fully saturated rings. The van der Waals surface area contributed by atoms with Crippen LogP contribution in [0.3, 0.4) is 0 Å². The van der Waals surface area contributed by atoms with Crippen molar-refractivity contribution in [3.63, 3.8) is 0 Å². The van der Waals surface area contributed by atoms with Crippen LogP contribution in [-0.2, 0) is 58.9 Å². The van der Waals surface area contributed by atoms with E-state index in [4.69, 9.17) is 49.5 Å². The highest BCUT2D eigenvalue weighted by molar-refractivity contribution is 6.31. The zero-order chi connectivity index (χ0) is 58.2. The molecule has 5 aromatic rings. The number of aromatic nitrogens is 4. The van der Waals surface area contributed by atoms with Crippen molar-refractivity contribution in [3.8, 4) is 17.1 Å². The van der Waals surface area contributed by atoms with E-state index in [2.05, 4.69) is 58.5 Å². The third-order valence-electron chi connectivity index (χ3n) is 13.3. The SMILES string of the molecule is COc1ccc([C@@H](OC(=O)OCc2ccc(NC(=O)[C@H](C)NC(=O)[C@@H](NC(=O)COCCOCCOCCNC(=O)COC3CC/C=C/CCC3)C(C)C)cc2)c2cc(-c3ncnc4cc(N5CCOCC5)ccc34)c(F)cc2Cl)nn1. The molecule has 1 unspecified atom stereocenters. The molecule has 0 radical (unpaired) electrons. The molecule has 4 N–H and O–H groups in total. The van der Waals surface area contributed by atoms with Crippen LogP contribution in [0.4, 0.5) is 20.6 Å². The summed E-state index contributed by atoms with van der Waals surface area (Å²) in [6.07, 6.45) is 8.30. The normalized spacial score (nSPS) is 16.0. The number of rotatable bonds is 28. The van der Waals surface area contributed by atoms with Gasteiger partial charge in [-0.2, -0.15) is 0 Å². The number of morpholine rings is 1. The number of amides is 4. The van der Waals surface area contributed by atoms with Crippen LogP contribution >= 0.6 is 11.6 Å². The lowest BCUT2D eigenvalue weighted by molar-refractivity contribution is -0.133. The van der Waals surface area contributed by atoms with Crippen LogP contribution in [0.25, 0.3) is 22.2 Å². The Hall–Kier alpha value is -7.41. The molecular weight excluding hydrogens is 1090 g/mol. The highest BCUT2D eigenvalue weighted by Crippen LogP contribution is 2.38. The van der Waals surface area contributed by atoms with Crippen molar-refractivity contribution in [1.29, 1.82) is 0 Å². The van der Waals surface area contributed by atoms with Crippen molar-refractivity contribution < 1.29 is 66.3 Å². The van der Waals surface area contributed by atoms with E-state index in [0.717, 1.165) is 56.9 Å². The number of hydrogen-bond donors (Lipinski definition) is 4. The first kappa shape index (κ1) is 62.2. The van der Waals surface area contributed by atoms with Gasteiger partial charge in [-0.3, -0.25) is 19.2 Å². The van der Waals surface area contributed by atoms with Gasteiger partial charge in [0, 0.05) is 53.6 Å². The van der Waals surface area contributed by atoms with Gasteiger partial charge in [-0.15, -0.1) is 10.2 Å². The van der Waals surface area contributed by atoms with Crippen LogP contribution in [0.1, 0.15) is 75.8 Å². The minimum Gasteiger partial charge on any atom is -0.480 e. The predicted octanol–water partition coefficient (Wildman–Crippen LogP) is 6.82. The van der Waals surface area contributed by atoms with Crippen molar-refractivity contribution in [2.24, 2.45) is 5.92 Å². The number of nitrogens with one attached hydrogen (secondary N) is 4. The number of allylic oxidation sites excluding steroid dienone is 2. The average Bonchev–Trinajstić information content (AvgIpc) is 3.66.